The maximum atomic E-state index is 12.4. The molecule has 2 atom stereocenters. The van der Waals surface area contributed by atoms with E-state index in [1.165, 1.54) is 244 Å². The third kappa shape index (κ3) is 51.6. The second kappa shape index (κ2) is 54.9. The molecule has 1 amide bonds. The minimum Gasteiger partial charge on any atom is -0.466 e. The maximum Gasteiger partial charge on any atom is 0.305 e. The van der Waals surface area contributed by atoms with E-state index in [1.807, 2.05) is 6.08 Å². The van der Waals surface area contributed by atoms with Gasteiger partial charge in [0.1, 0.15) is 0 Å². The topological polar surface area (TPSA) is 95.9 Å². The first-order valence-corrected chi connectivity index (χ1v) is 29.1. The van der Waals surface area contributed by atoms with Crippen LogP contribution in [0, 0.1) is 0 Å². The van der Waals surface area contributed by atoms with Gasteiger partial charge in [0.25, 0.3) is 0 Å². The van der Waals surface area contributed by atoms with Crippen molar-refractivity contribution in [2.24, 2.45) is 0 Å². The summed E-state index contributed by atoms with van der Waals surface area (Å²) in [6, 6.07) is -0.624. The Labute approximate surface area is 405 Å². The standard InChI is InChI=1S/C59H113NO5/c1-3-5-7-9-11-13-14-15-26-30-33-37-41-45-49-53-59(64)65-54-50-46-42-38-34-31-28-25-23-21-19-17-16-18-20-22-24-27-29-32-36-40-44-48-52-58(63)60-56(55-61)57(62)51-47-43-39-35-12-10-8-6-4-2/h15,26,47,51,56-57,61-62H,3-14,16-25,27-46,48-50,52-55H2,1-2H3,(H,60,63)/b26-15-,51-47+. The summed E-state index contributed by atoms with van der Waals surface area (Å²) in [5, 5.41) is 22.9. The third-order valence-corrected chi connectivity index (χ3v) is 13.5. The molecule has 0 saturated heterocycles. The van der Waals surface area contributed by atoms with E-state index >= 15 is 0 Å². The van der Waals surface area contributed by atoms with Crippen LogP contribution in [0.3, 0.4) is 0 Å². The van der Waals surface area contributed by atoms with E-state index in [4.69, 9.17) is 4.74 Å². The highest BCUT2D eigenvalue weighted by atomic mass is 16.5. The normalized spacial score (nSPS) is 12.7. The Balaban J connectivity index is 3.34. The summed E-state index contributed by atoms with van der Waals surface area (Å²) in [6.07, 6.45) is 66.5. The van der Waals surface area contributed by atoms with Crippen LogP contribution in [0.1, 0.15) is 316 Å². The highest BCUT2D eigenvalue weighted by molar-refractivity contribution is 5.76. The van der Waals surface area contributed by atoms with Crippen molar-refractivity contribution in [3.8, 4) is 0 Å². The molecule has 2 unspecified atom stereocenters. The van der Waals surface area contributed by atoms with Crippen molar-refractivity contribution in [3.05, 3.63) is 24.3 Å². The van der Waals surface area contributed by atoms with E-state index in [-0.39, 0.29) is 18.5 Å². The molecule has 0 rings (SSSR count). The molecule has 0 heterocycles. The summed E-state index contributed by atoms with van der Waals surface area (Å²) in [6.45, 7) is 4.88. The van der Waals surface area contributed by atoms with Crippen molar-refractivity contribution in [2.75, 3.05) is 13.2 Å². The van der Waals surface area contributed by atoms with Crippen LogP contribution >= 0.6 is 0 Å². The zero-order chi connectivity index (χ0) is 47.2. The van der Waals surface area contributed by atoms with E-state index in [0.29, 0.717) is 19.4 Å². The van der Waals surface area contributed by atoms with Crippen molar-refractivity contribution >= 4 is 11.9 Å². The monoisotopic (exact) mass is 916 g/mol. The molecule has 0 aromatic carbocycles. The predicted octanol–water partition coefficient (Wildman–Crippen LogP) is 17.9. The molecule has 6 heteroatoms. The summed E-state index contributed by atoms with van der Waals surface area (Å²) in [5.74, 6) is -0.0622. The summed E-state index contributed by atoms with van der Waals surface area (Å²) < 4.78 is 5.48. The fourth-order valence-electron chi connectivity index (χ4n) is 8.98. The Bertz CT molecular complexity index is 1010. The maximum absolute atomic E-state index is 12.4. The van der Waals surface area contributed by atoms with Crippen molar-refractivity contribution in [3.63, 3.8) is 0 Å². The predicted molar refractivity (Wildman–Crippen MR) is 283 cm³/mol. The second-order valence-electron chi connectivity index (χ2n) is 20.0. The lowest BCUT2D eigenvalue weighted by Gasteiger charge is -2.20. The number of hydrogen-bond acceptors (Lipinski definition) is 5. The van der Waals surface area contributed by atoms with Gasteiger partial charge in [0.2, 0.25) is 5.91 Å². The van der Waals surface area contributed by atoms with Gasteiger partial charge in [0.15, 0.2) is 0 Å². The molecular formula is C59H113NO5. The van der Waals surface area contributed by atoms with Gasteiger partial charge >= 0.3 is 5.97 Å². The number of carbonyl (C=O) groups is 2. The van der Waals surface area contributed by atoms with E-state index in [2.05, 4.69) is 31.3 Å². The molecule has 0 aromatic rings. The van der Waals surface area contributed by atoms with Gasteiger partial charge in [-0.3, -0.25) is 9.59 Å². The van der Waals surface area contributed by atoms with Crippen LogP contribution in [0.25, 0.3) is 0 Å². The first kappa shape index (κ1) is 63.3. The number of allylic oxidation sites excluding steroid dienone is 3. The number of rotatable bonds is 54. The number of hydrogen-bond donors (Lipinski definition) is 3. The Morgan fingerprint density at radius 3 is 1.09 bits per heavy atom. The quantitative estimate of drug-likeness (QED) is 0.0321. The van der Waals surface area contributed by atoms with Gasteiger partial charge in [0, 0.05) is 12.8 Å². The van der Waals surface area contributed by atoms with Crippen molar-refractivity contribution in [1.29, 1.82) is 0 Å². The molecule has 0 spiro atoms. The van der Waals surface area contributed by atoms with Gasteiger partial charge in [-0.25, -0.2) is 0 Å². The molecule has 3 N–H and O–H groups in total. The number of aliphatic hydroxyl groups excluding tert-OH is 2. The molecule has 0 saturated carbocycles. The second-order valence-corrected chi connectivity index (χ2v) is 20.0. The fourth-order valence-corrected chi connectivity index (χ4v) is 8.98. The van der Waals surface area contributed by atoms with Crippen LogP contribution in [0.2, 0.25) is 0 Å². The molecule has 0 bridgehead atoms. The number of unbranched alkanes of at least 4 members (excludes halogenated alkanes) is 41. The van der Waals surface area contributed by atoms with Crippen LogP contribution in [0.15, 0.2) is 24.3 Å². The molecule has 0 aliphatic heterocycles. The molecule has 0 aromatic heterocycles. The zero-order valence-electron chi connectivity index (χ0n) is 43.7. The molecular weight excluding hydrogens is 803 g/mol. The average molecular weight is 917 g/mol. The van der Waals surface area contributed by atoms with Gasteiger partial charge in [0.05, 0.1) is 25.4 Å². The van der Waals surface area contributed by atoms with Gasteiger partial charge in [-0.2, -0.15) is 0 Å². The highest BCUT2D eigenvalue weighted by Crippen LogP contribution is 2.17. The van der Waals surface area contributed by atoms with Gasteiger partial charge in [-0.1, -0.05) is 269 Å². The van der Waals surface area contributed by atoms with E-state index in [9.17, 15) is 19.8 Å². The van der Waals surface area contributed by atoms with Gasteiger partial charge in [-0.05, 0) is 57.8 Å². The lowest BCUT2D eigenvalue weighted by molar-refractivity contribution is -0.143. The molecule has 65 heavy (non-hydrogen) atoms. The van der Waals surface area contributed by atoms with Crippen LogP contribution in [-0.2, 0) is 14.3 Å². The number of esters is 1. The van der Waals surface area contributed by atoms with Crippen LogP contribution < -0.4 is 5.32 Å². The fraction of sp³-hybridized carbons (Fsp3) is 0.898. The van der Waals surface area contributed by atoms with Crippen molar-refractivity contribution in [1.82, 2.24) is 5.32 Å². The Morgan fingerprint density at radius 1 is 0.415 bits per heavy atom. The number of aliphatic hydroxyl groups is 2. The van der Waals surface area contributed by atoms with Crippen LogP contribution in [0.5, 0.6) is 0 Å². The zero-order valence-corrected chi connectivity index (χ0v) is 43.7. The Kier molecular flexibility index (Phi) is 53.5. The number of ether oxygens (including phenoxy) is 1. The first-order valence-electron chi connectivity index (χ1n) is 29.1. The molecule has 0 aliphatic carbocycles. The van der Waals surface area contributed by atoms with E-state index in [1.54, 1.807) is 6.08 Å². The Morgan fingerprint density at radius 2 is 0.723 bits per heavy atom. The number of carbonyl (C=O) groups excluding carboxylic acids is 2. The molecule has 6 nitrogen and oxygen atoms in total. The van der Waals surface area contributed by atoms with Crippen LogP contribution in [-0.4, -0.2) is 47.4 Å². The number of amides is 1. The summed E-state index contributed by atoms with van der Waals surface area (Å²) in [5.41, 5.74) is 0. The molecule has 0 aliphatic rings. The first-order chi connectivity index (χ1) is 32.0. The SMILES string of the molecule is CCCCCCCC/C=C\CCCCCCCC(=O)OCCCCCCCCCCCCCCCCCCCCCCCCCCC(=O)NC(CO)C(O)/C=C/CCCCCCCCC. The lowest BCUT2D eigenvalue weighted by Crippen LogP contribution is -2.45. The Hall–Kier alpha value is -1.66. The van der Waals surface area contributed by atoms with E-state index in [0.717, 1.165) is 44.9 Å². The van der Waals surface area contributed by atoms with Gasteiger partial charge in [-0.15, -0.1) is 0 Å². The minimum atomic E-state index is -0.841. The molecule has 384 valence electrons. The lowest BCUT2D eigenvalue weighted by atomic mass is 10.0. The minimum absolute atomic E-state index is 0.00690. The van der Waals surface area contributed by atoms with E-state index < -0.39 is 12.1 Å². The summed E-state index contributed by atoms with van der Waals surface area (Å²) in [4.78, 5) is 24.4. The molecule has 0 radical (unpaired) electrons. The summed E-state index contributed by atoms with van der Waals surface area (Å²) >= 11 is 0. The van der Waals surface area contributed by atoms with Crippen molar-refractivity contribution < 1.29 is 24.5 Å². The largest absolute Gasteiger partial charge is 0.466 e. The molecule has 0 fully saturated rings. The summed E-state index contributed by atoms with van der Waals surface area (Å²) in [7, 11) is 0. The highest BCUT2D eigenvalue weighted by Gasteiger charge is 2.18. The smallest absolute Gasteiger partial charge is 0.305 e. The average Bonchev–Trinajstić information content (AvgIpc) is 3.31. The van der Waals surface area contributed by atoms with Crippen molar-refractivity contribution in [2.45, 2.75) is 328 Å². The van der Waals surface area contributed by atoms with Gasteiger partial charge < -0.3 is 20.3 Å². The number of nitrogens with one attached hydrogen (secondary N) is 1. The third-order valence-electron chi connectivity index (χ3n) is 13.5. The van der Waals surface area contributed by atoms with Crippen LogP contribution in [0.4, 0.5) is 0 Å².